The molecule has 0 radical (unpaired) electrons. The number of amides is 2. The number of rotatable bonds is 10. The van der Waals surface area contributed by atoms with Crippen molar-refractivity contribution in [1.82, 2.24) is 14.9 Å². The lowest BCUT2D eigenvalue weighted by Crippen LogP contribution is -2.42. The molecule has 2 amide bonds. The van der Waals surface area contributed by atoms with E-state index in [9.17, 15) is 30.0 Å². The van der Waals surface area contributed by atoms with Crippen LogP contribution in [0.1, 0.15) is 21.0 Å². The maximum absolute atomic E-state index is 12.5. The van der Waals surface area contributed by atoms with Crippen molar-refractivity contribution in [3.05, 3.63) is 23.8 Å². The van der Waals surface area contributed by atoms with E-state index in [2.05, 4.69) is 9.97 Å². The molecule has 24 heavy (non-hydrogen) atoms. The number of hydrogen-bond donors (Lipinski definition) is 5. The summed E-state index contributed by atoms with van der Waals surface area (Å²) in [6, 6.07) is 0. The van der Waals surface area contributed by atoms with Gasteiger partial charge in [-0.1, -0.05) is 0 Å². The second kappa shape index (κ2) is 9.88. The van der Waals surface area contributed by atoms with Crippen LogP contribution < -0.4 is 5.73 Å². The van der Waals surface area contributed by atoms with Crippen LogP contribution in [0.5, 0.6) is 0 Å². The first-order valence-corrected chi connectivity index (χ1v) is 7.31. The molecule has 0 atom stereocenters. The summed E-state index contributed by atoms with van der Waals surface area (Å²) >= 11 is 0. The van der Waals surface area contributed by atoms with Crippen LogP contribution in [0.2, 0.25) is 0 Å². The van der Waals surface area contributed by atoms with E-state index in [1.807, 2.05) is 0 Å². The van der Waals surface area contributed by atoms with Gasteiger partial charge >= 0.3 is 0 Å². The molecular formula is C14H22N4O6. The van der Waals surface area contributed by atoms with E-state index < -0.39 is 23.7 Å². The zero-order valence-corrected chi connectivity index (χ0v) is 13.1. The Labute approximate surface area is 138 Å². The number of hydrogen-bond acceptors (Lipinski definition) is 8. The number of aliphatic hydroxyl groups excluding tert-OH is 4. The van der Waals surface area contributed by atoms with Crippen molar-refractivity contribution < 1.29 is 30.0 Å². The quantitative estimate of drug-likeness (QED) is 0.304. The maximum Gasteiger partial charge on any atom is 0.274 e. The molecule has 0 aliphatic carbocycles. The van der Waals surface area contributed by atoms with Crippen LogP contribution in [0.3, 0.4) is 0 Å². The predicted molar refractivity (Wildman–Crippen MR) is 81.8 cm³/mol. The summed E-state index contributed by atoms with van der Waals surface area (Å²) in [5.74, 6) is -2.51. The molecule has 10 heteroatoms. The molecule has 1 heterocycles. The van der Waals surface area contributed by atoms with Gasteiger partial charge in [0.25, 0.3) is 11.8 Å². The third kappa shape index (κ3) is 5.49. The summed E-state index contributed by atoms with van der Waals surface area (Å²) in [5.41, 5.74) is 4.90. The SMILES string of the molecule is NC(=O)c1cnc(C(=O)N(CC(CO)CO)CC(CO)CO)cn1. The van der Waals surface area contributed by atoms with Crippen LogP contribution in [-0.4, -0.2) is 86.6 Å². The minimum absolute atomic E-state index is 0.00157. The third-order valence-electron chi connectivity index (χ3n) is 3.40. The van der Waals surface area contributed by atoms with Crippen LogP contribution in [0.25, 0.3) is 0 Å². The number of aromatic nitrogens is 2. The highest BCUT2D eigenvalue weighted by molar-refractivity contribution is 5.93. The van der Waals surface area contributed by atoms with E-state index in [0.717, 1.165) is 12.4 Å². The average molecular weight is 342 g/mol. The van der Waals surface area contributed by atoms with Crippen LogP contribution in [0.15, 0.2) is 12.4 Å². The molecule has 6 N–H and O–H groups in total. The fourth-order valence-corrected chi connectivity index (χ4v) is 1.94. The van der Waals surface area contributed by atoms with Crippen molar-refractivity contribution in [3.8, 4) is 0 Å². The van der Waals surface area contributed by atoms with Crippen LogP contribution in [-0.2, 0) is 0 Å². The van der Waals surface area contributed by atoms with E-state index in [1.165, 1.54) is 4.90 Å². The number of nitrogens with two attached hydrogens (primary N) is 1. The molecule has 0 bridgehead atoms. The van der Waals surface area contributed by atoms with Gasteiger partial charge in [0.05, 0.1) is 12.4 Å². The second-order valence-electron chi connectivity index (χ2n) is 5.32. The second-order valence-corrected chi connectivity index (χ2v) is 5.32. The molecule has 0 aliphatic heterocycles. The Balaban J connectivity index is 2.97. The Morgan fingerprint density at radius 3 is 1.67 bits per heavy atom. The third-order valence-corrected chi connectivity index (χ3v) is 3.40. The number of primary amides is 1. The molecule has 1 aromatic heterocycles. The van der Waals surface area contributed by atoms with Crippen LogP contribution in [0, 0.1) is 11.8 Å². The van der Waals surface area contributed by atoms with E-state index >= 15 is 0 Å². The lowest BCUT2D eigenvalue weighted by molar-refractivity contribution is 0.0511. The van der Waals surface area contributed by atoms with Gasteiger partial charge in [0.15, 0.2) is 0 Å². The van der Waals surface area contributed by atoms with Gasteiger partial charge in [0.1, 0.15) is 11.4 Å². The Morgan fingerprint density at radius 1 is 0.917 bits per heavy atom. The first kappa shape index (κ1) is 19.9. The minimum atomic E-state index is -0.778. The molecule has 0 fully saturated rings. The zero-order valence-electron chi connectivity index (χ0n) is 13.1. The Hall–Kier alpha value is -2.14. The largest absolute Gasteiger partial charge is 0.396 e. The van der Waals surface area contributed by atoms with Crippen molar-refractivity contribution in [3.63, 3.8) is 0 Å². The van der Waals surface area contributed by atoms with Crippen LogP contribution >= 0.6 is 0 Å². The highest BCUT2D eigenvalue weighted by Gasteiger charge is 2.24. The van der Waals surface area contributed by atoms with Gasteiger partial charge in [-0.2, -0.15) is 0 Å². The molecular weight excluding hydrogens is 320 g/mol. The van der Waals surface area contributed by atoms with E-state index in [1.54, 1.807) is 0 Å². The summed E-state index contributed by atoms with van der Waals surface area (Å²) in [4.78, 5) is 32.3. The molecule has 0 spiro atoms. The lowest BCUT2D eigenvalue weighted by Gasteiger charge is -2.28. The van der Waals surface area contributed by atoms with E-state index in [4.69, 9.17) is 5.73 Å². The first-order valence-electron chi connectivity index (χ1n) is 7.31. The fraction of sp³-hybridized carbons (Fsp3) is 0.571. The molecule has 10 nitrogen and oxygen atoms in total. The standard InChI is InChI=1S/C14H22N4O6/c15-13(23)11-1-17-12(2-16-11)14(24)18(3-9(5-19)6-20)4-10(7-21)8-22/h1-2,9-10,19-22H,3-8H2,(H2,15,23). The minimum Gasteiger partial charge on any atom is -0.396 e. The van der Waals surface area contributed by atoms with Gasteiger partial charge in [-0.3, -0.25) is 9.59 Å². The maximum atomic E-state index is 12.5. The summed E-state index contributed by atoms with van der Waals surface area (Å²) in [6.45, 7) is -1.35. The molecule has 0 saturated heterocycles. The van der Waals surface area contributed by atoms with E-state index in [-0.39, 0.29) is 50.9 Å². The summed E-state index contributed by atoms with van der Waals surface area (Å²) in [6.07, 6.45) is 2.16. The van der Waals surface area contributed by atoms with Gasteiger partial charge < -0.3 is 31.1 Å². The van der Waals surface area contributed by atoms with Crippen LogP contribution in [0.4, 0.5) is 0 Å². The Morgan fingerprint density at radius 2 is 1.33 bits per heavy atom. The monoisotopic (exact) mass is 342 g/mol. The van der Waals surface area contributed by atoms with Crippen molar-refractivity contribution in [2.45, 2.75) is 0 Å². The molecule has 1 rings (SSSR count). The van der Waals surface area contributed by atoms with Gasteiger partial charge in [0, 0.05) is 51.4 Å². The number of carbonyl (C=O) groups is 2. The fourth-order valence-electron chi connectivity index (χ4n) is 1.94. The number of carbonyl (C=O) groups excluding carboxylic acids is 2. The summed E-state index contributed by atoms with van der Waals surface area (Å²) in [5, 5.41) is 36.8. The average Bonchev–Trinajstić information content (AvgIpc) is 2.61. The van der Waals surface area contributed by atoms with Gasteiger partial charge in [-0.15, -0.1) is 0 Å². The highest BCUT2D eigenvalue weighted by Crippen LogP contribution is 2.09. The molecule has 0 saturated carbocycles. The first-order chi connectivity index (χ1) is 11.5. The smallest absolute Gasteiger partial charge is 0.274 e. The summed E-state index contributed by atoms with van der Waals surface area (Å²) in [7, 11) is 0. The lowest BCUT2D eigenvalue weighted by atomic mass is 10.1. The normalized spacial score (nSPS) is 11.1. The molecule has 0 unspecified atom stereocenters. The van der Waals surface area contributed by atoms with Crippen molar-refractivity contribution >= 4 is 11.8 Å². The molecule has 134 valence electrons. The number of aliphatic hydroxyl groups is 4. The molecule has 1 aromatic rings. The van der Waals surface area contributed by atoms with Gasteiger partial charge in [0.2, 0.25) is 0 Å². The predicted octanol–water partition coefficient (Wildman–Crippen LogP) is -2.78. The Bertz CT molecular complexity index is 517. The van der Waals surface area contributed by atoms with Gasteiger partial charge in [-0.25, -0.2) is 9.97 Å². The molecule has 0 aliphatic rings. The summed E-state index contributed by atoms with van der Waals surface area (Å²) < 4.78 is 0. The number of nitrogens with zero attached hydrogens (tertiary/aromatic N) is 3. The zero-order chi connectivity index (χ0) is 18.1. The Kier molecular flexibility index (Phi) is 8.19. The van der Waals surface area contributed by atoms with Crippen molar-refractivity contribution in [2.75, 3.05) is 39.5 Å². The van der Waals surface area contributed by atoms with Crippen molar-refractivity contribution in [1.29, 1.82) is 0 Å². The van der Waals surface area contributed by atoms with E-state index in [0.29, 0.717) is 0 Å². The van der Waals surface area contributed by atoms with Gasteiger partial charge in [-0.05, 0) is 0 Å². The molecule has 0 aromatic carbocycles. The highest BCUT2D eigenvalue weighted by atomic mass is 16.3. The topological polar surface area (TPSA) is 170 Å². The van der Waals surface area contributed by atoms with Crippen molar-refractivity contribution in [2.24, 2.45) is 17.6 Å².